The van der Waals surface area contributed by atoms with Crippen LogP contribution in [-0.2, 0) is 4.79 Å². The normalized spacial score (nSPS) is 10.9. The third kappa shape index (κ3) is 14.4. The van der Waals surface area contributed by atoms with Crippen molar-refractivity contribution in [3.63, 3.8) is 0 Å². The van der Waals surface area contributed by atoms with Crippen LogP contribution < -0.4 is 11.1 Å². The molecule has 0 unspecified atom stereocenters. The van der Waals surface area contributed by atoms with Crippen molar-refractivity contribution in [1.29, 1.82) is 0 Å². The Morgan fingerprint density at radius 2 is 1.14 bits per heavy atom. The summed E-state index contributed by atoms with van der Waals surface area (Å²) < 4.78 is 0. The molecule has 0 amide bonds. The Balaban J connectivity index is 1.73. The molecule has 0 aliphatic rings. The van der Waals surface area contributed by atoms with Crippen LogP contribution in [0.4, 0.5) is 11.4 Å². The van der Waals surface area contributed by atoms with Crippen molar-refractivity contribution in [3.05, 3.63) is 24.3 Å². The maximum Gasteiger partial charge on any atom is 0.303 e. The van der Waals surface area contributed by atoms with E-state index in [1.165, 1.54) is 83.5 Å². The average Bonchev–Trinajstić information content (AvgIpc) is 2.68. The topological polar surface area (TPSA) is 75.3 Å². The molecule has 1 rings (SSSR count). The van der Waals surface area contributed by atoms with Crippen molar-refractivity contribution in [2.24, 2.45) is 0 Å². The molecule has 0 atom stereocenters. The zero-order chi connectivity index (χ0) is 20.3. The smallest absolute Gasteiger partial charge is 0.303 e. The molecule has 0 aromatic heterocycles. The molecule has 28 heavy (non-hydrogen) atoms. The summed E-state index contributed by atoms with van der Waals surface area (Å²) in [5, 5.41) is 12.0. The Kier molecular flexibility index (Phi) is 15.1. The highest BCUT2D eigenvalue weighted by molar-refractivity contribution is 5.66. The van der Waals surface area contributed by atoms with Gasteiger partial charge < -0.3 is 16.2 Å². The minimum Gasteiger partial charge on any atom is -0.481 e. The predicted octanol–water partition coefficient (Wildman–Crippen LogP) is 7.01. The number of nitrogens with one attached hydrogen (secondary N) is 1. The van der Waals surface area contributed by atoms with Gasteiger partial charge in [-0.15, -0.1) is 0 Å². The highest BCUT2D eigenvalue weighted by Crippen LogP contribution is 2.17. The van der Waals surface area contributed by atoms with Gasteiger partial charge in [-0.1, -0.05) is 95.6 Å². The highest BCUT2D eigenvalue weighted by atomic mass is 16.4. The third-order valence-corrected chi connectivity index (χ3v) is 5.34. The van der Waals surface area contributed by atoms with Gasteiger partial charge in [0.05, 0.1) is 11.4 Å². The molecule has 160 valence electrons. The molecule has 0 spiro atoms. The third-order valence-electron chi connectivity index (χ3n) is 5.34. The first-order valence-electron chi connectivity index (χ1n) is 11.5. The first-order valence-corrected chi connectivity index (χ1v) is 11.5. The van der Waals surface area contributed by atoms with Crippen molar-refractivity contribution < 1.29 is 9.90 Å². The van der Waals surface area contributed by atoms with Gasteiger partial charge >= 0.3 is 5.97 Å². The number of hydrogen-bond acceptors (Lipinski definition) is 3. The first kappa shape index (κ1) is 24.3. The molecule has 0 saturated heterocycles. The summed E-state index contributed by atoms with van der Waals surface area (Å²) in [5.74, 6) is -0.661. The predicted molar refractivity (Wildman–Crippen MR) is 121 cm³/mol. The second-order valence-electron chi connectivity index (χ2n) is 7.96. The average molecular weight is 391 g/mol. The second-order valence-corrected chi connectivity index (χ2v) is 7.96. The molecular weight excluding hydrogens is 348 g/mol. The number of carbonyl (C=O) groups is 1. The fourth-order valence-electron chi connectivity index (χ4n) is 3.58. The number of carboxylic acid groups (broad SMARTS) is 1. The molecule has 1 aromatic carbocycles. The molecule has 0 aliphatic carbocycles. The second kappa shape index (κ2) is 17.4. The molecule has 0 heterocycles. The quantitative estimate of drug-likeness (QED) is 0.175. The molecule has 1 aromatic rings. The summed E-state index contributed by atoms with van der Waals surface area (Å²) in [7, 11) is 0. The number of para-hydroxylation sites is 2. The van der Waals surface area contributed by atoms with Crippen LogP contribution in [0.3, 0.4) is 0 Å². The minimum atomic E-state index is -0.661. The standard InChI is InChI=1S/C24H42N2O2/c25-22-18-15-16-19-23(22)26-21-17-13-11-9-7-5-3-1-2-4-6-8-10-12-14-20-24(27)28/h15-16,18-19,26H,1-14,17,20-21,25H2,(H,27,28). The summed E-state index contributed by atoms with van der Waals surface area (Å²) >= 11 is 0. The van der Waals surface area contributed by atoms with E-state index in [1.807, 2.05) is 24.3 Å². The number of unbranched alkanes of at least 4 members (excludes halogenated alkanes) is 14. The largest absolute Gasteiger partial charge is 0.481 e. The van der Waals surface area contributed by atoms with Crippen LogP contribution in [0.25, 0.3) is 0 Å². The maximum absolute atomic E-state index is 10.4. The van der Waals surface area contributed by atoms with Crippen molar-refractivity contribution in [3.8, 4) is 0 Å². The summed E-state index contributed by atoms with van der Waals surface area (Å²) in [6.07, 6.45) is 19.5. The van der Waals surface area contributed by atoms with Crippen molar-refractivity contribution >= 4 is 17.3 Å². The molecule has 0 fully saturated rings. The summed E-state index contributed by atoms with van der Waals surface area (Å²) in [4.78, 5) is 10.4. The van der Waals surface area contributed by atoms with Crippen LogP contribution in [0, 0.1) is 0 Å². The lowest BCUT2D eigenvalue weighted by Crippen LogP contribution is -2.03. The maximum atomic E-state index is 10.4. The van der Waals surface area contributed by atoms with E-state index in [4.69, 9.17) is 10.8 Å². The number of carboxylic acids is 1. The van der Waals surface area contributed by atoms with Gasteiger partial charge in [-0.05, 0) is 25.0 Å². The van der Waals surface area contributed by atoms with Gasteiger partial charge in [0.2, 0.25) is 0 Å². The van der Waals surface area contributed by atoms with E-state index in [-0.39, 0.29) is 0 Å². The first-order chi connectivity index (χ1) is 13.7. The number of anilines is 2. The molecule has 0 bridgehead atoms. The van der Waals surface area contributed by atoms with Gasteiger partial charge in [0.15, 0.2) is 0 Å². The van der Waals surface area contributed by atoms with E-state index >= 15 is 0 Å². The van der Waals surface area contributed by atoms with Crippen molar-refractivity contribution in [2.75, 3.05) is 17.6 Å². The molecule has 0 saturated carbocycles. The van der Waals surface area contributed by atoms with E-state index < -0.39 is 5.97 Å². The van der Waals surface area contributed by atoms with E-state index in [0.29, 0.717) is 6.42 Å². The fourth-order valence-corrected chi connectivity index (χ4v) is 3.58. The van der Waals surface area contributed by atoms with Gasteiger partial charge in [-0.2, -0.15) is 0 Å². The lowest BCUT2D eigenvalue weighted by atomic mass is 10.0. The zero-order valence-electron chi connectivity index (χ0n) is 17.8. The number of nitrogens with two attached hydrogens (primary N) is 1. The van der Waals surface area contributed by atoms with Crippen LogP contribution in [0.2, 0.25) is 0 Å². The van der Waals surface area contributed by atoms with E-state index in [1.54, 1.807) is 0 Å². The molecule has 4 nitrogen and oxygen atoms in total. The molecular formula is C24H42N2O2. The van der Waals surface area contributed by atoms with Crippen LogP contribution in [0.1, 0.15) is 103 Å². The SMILES string of the molecule is Nc1ccccc1NCCCCCCCCCCCCCCCCCC(=O)O. The van der Waals surface area contributed by atoms with Gasteiger partial charge in [0.25, 0.3) is 0 Å². The van der Waals surface area contributed by atoms with E-state index in [0.717, 1.165) is 30.8 Å². The Labute approximate surface area is 172 Å². The van der Waals surface area contributed by atoms with Gasteiger partial charge in [0.1, 0.15) is 0 Å². The van der Waals surface area contributed by atoms with E-state index in [9.17, 15) is 4.79 Å². The number of nitrogen functional groups attached to an aromatic ring is 1. The lowest BCUT2D eigenvalue weighted by Gasteiger charge is -2.08. The van der Waals surface area contributed by atoms with Gasteiger partial charge in [0, 0.05) is 13.0 Å². The fraction of sp³-hybridized carbons (Fsp3) is 0.708. The zero-order valence-corrected chi connectivity index (χ0v) is 17.8. The lowest BCUT2D eigenvalue weighted by molar-refractivity contribution is -0.137. The number of rotatable bonds is 19. The molecule has 0 radical (unpaired) electrons. The minimum absolute atomic E-state index is 0.333. The molecule has 4 heteroatoms. The number of hydrogen-bond donors (Lipinski definition) is 3. The molecule has 0 aliphatic heterocycles. The van der Waals surface area contributed by atoms with Gasteiger partial charge in [-0.3, -0.25) is 4.79 Å². The Bertz CT molecular complexity index is 505. The van der Waals surface area contributed by atoms with Crippen LogP contribution in [0.15, 0.2) is 24.3 Å². The van der Waals surface area contributed by atoms with Crippen LogP contribution >= 0.6 is 0 Å². The van der Waals surface area contributed by atoms with E-state index in [2.05, 4.69) is 5.32 Å². The van der Waals surface area contributed by atoms with Crippen LogP contribution in [0.5, 0.6) is 0 Å². The Morgan fingerprint density at radius 1 is 0.714 bits per heavy atom. The van der Waals surface area contributed by atoms with Crippen molar-refractivity contribution in [1.82, 2.24) is 0 Å². The summed E-state index contributed by atoms with van der Waals surface area (Å²) in [5.41, 5.74) is 7.81. The van der Waals surface area contributed by atoms with Crippen molar-refractivity contribution in [2.45, 2.75) is 103 Å². The Morgan fingerprint density at radius 3 is 1.61 bits per heavy atom. The van der Waals surface area contributed by atoms with Gasteiger partial charge in [-0.25, -0.2) is 0 Å². The monoisotopic (exact) mass is 390 g/mol. The number of benzene rings is 1. The number of aliphatic carboxylic acids is 1. The molecule has 4 N–H and O–H groups in total. The Hall–Kier alpha value is -1.71. The highest BCUT2D eigenvalue weighted by Gasteiger charge is 1.98. The van der Waals surface area contributed by atoms with Crippen LogP contribution in [-0.4, -0.2) is 17.6 Å². The summed E-state index contributed by atoms with van der Waals surface area (Å²) in [6.45, 7) is 1.01. The summed E-state index contributed by atoms with van der Waals surface area (Å²) in [6, 6.07) is 7.96.